The fourth-order valence-electron chi connectivity index (χ4n) is 1.88. The van der Waals surface area contributed by atoms with E-state index in [1.54, 1.807) is 13.8 Å². The van der Waals surface area contributed by atoms with E-state index in [-0.39, 0.29) is 18.4 Å². The minimum atomic E-state index is -1.49. The molecule has 1 aromatic carbocycles. The molecule has 0 saturated heterocycles. The lowest BCUT2D eigenvalue weighted by atomic mass is 9.92. The highest BCUT2D eigenvalue weighted by Crippen LogP contribution is 2.20. The minimum Gasteiger partial charge on any atom is -0.480 e. The summed E-state index contributed by atoms with van der Waals surface area (Å²) in [5.74, 6) is -3.03. The van der Waals surface area contributed by atoms with E-state index in [0.717, 1.165) is 12.1 Å². The third-order valence-electron chi connectivity index (χ3n) is 3.32. The largest absolute Gasteiger partial charge is 0.480 e. The van der Waals surface area contributed by atoms with Gasteiger partial charge in [0.15, 0.2) is 0 Å². The molecule has 0 aromatic heterocycles. The van der Waals surface area contributed by atoms with Crippen LogP contribution in [0.25, 0.3) is 0 Å². The van der Waals surface area contributed by atoms with Crippen LogP contribution in [0.5, 0.6) is 0 Å². The van der Waals surface area contributed by atoms with Crippen LogP contribution < -0.4 is 5.32 Å². The van der Waals surface area contributed by atoms with Gasteiger partial charge in [0.05, 0.1) is 11.0 Å². The number of non-ortho nitro benzene ring substituents is 1. The first-order valence-electron chi connectivity index (χ1n) is 6.26. The van der Waals surface area contributed by atoms with E-state index < -0.39 is 33.8 Å². The van der Waals surface area contributed by atoms with Crippen molar-refractivity contribution < 1.29 is 24.0 Å². The lowest BCUT2D eigenvalue weighted by Crippen LogP contribution is -2.53. The molecular formula is C13H15FN2O5. The molecule has 0 unspecified atom stereocenters. The smallest absolute Gasteiger partial charge is 0.329 e. The molecule has 114 valence electrons. The molecule has 0 aliphatic rings. The SMILES string of the molecule is CCC(CC)(NC(=O)c1cc(F)cc([N+](=O)[O-])c1)C(=O)O. The second-order valence-corrected chi connectivity index (χ2v) is 4.50. The molecule has 7 nitrogen and oxygen atoms in total. The van der Waals surface area contributed by atoms with Crippen LogP contribution in [-0.2, 0) is 4.79 Å². The van der Waals surface area contributed by atoms with Crippen molar-refractivity contribution in [3.05, 3.63) is 39.7 Å². The van der Waals surface area contributed by atoms with E-state index in [2.05, 4.69) is 5.32 Å². The number of amides is 1. The standard InChI is InChI=1S/C13H15FN2O5/c1-3-13(4-2,12(18)19)15-11(17)8-5-9(14)7-10(6-8)16(20)21/h5-7H,3-4H2,1-2H3,(H,15,17)(H,18,19). The van der Waals surface area contributed by atoms with Gasteiger partial charge in [0, 0.05) is 11.6 Å². The number of benzene rings is 1. The molecule has 0 radical (unpaired) electrons. The molecule has 0 aliphatic carbocycles. The normalized spacial score (nSPS) is 11.0. The summed E-state index contributed by atoms with van der Waals surface area (Å²) in [7, 11) is 0. The number of halogens is 1. The zero-order valence-electron chi connectivity index (χ0n) is 11.6. The number of aliphatic carboxylic acids is 1. The second-order valence-electron chi connectivity index (χ2n) is 4.50. The van der Waals surface area contributed by atoms with Gasteiger partial charge in [-0.2, -0.15) is 0 Å². The van der Waals surface area contributed by atoms with Crippen molar-refractivity contribution in [1.29, 1.82) is 0 Å². The second kappa shape index (κ2) is 6.29. The number of nitro groups is 1. The predicted molar refractivity (Wildman–Crippen MR) is 71.5 cm³/mol. The quantitative estimate of drug-likeness (QED) is 0.617. The van der Waals surface area contributed by atoms with Gasteiger partial charge in [0.2, 0.25) is 0 Å². The Morgan fingerprint density at radius 1 is 1.33 bits per heavy atom. The number of hydrogen-bond acceptors (Lipinski definition) is 4. The number of hydrogen-bond donors (Lipinski definition) is 2. The van der Waals surface area contributed by atoms with Gasteiger partial charge in [-0.1, -0.05) is 13.8 Å². The zero-order valence-corrected chi connectivity index (χ0v) is 11.6. The summed E-state index contributed by atoms with van der Waals surface area (Å²) in [6.07, 6.45) is 0.254. The number of rotatable bonds is 6. The van der Waals surface area contributed by atoms with E-state index in [1.165, 1.54) is 0 Å². The molecule has 1 aromatic rings. The van der Waals surface area contributed by atoms with Crippen LogP contribution in [0.1, 0.15) is 37.0 Å². The molecule has 0 fully saturated rings. The highest BCUT2D eigenvalue weighted by molar-refractivity contribution is 5.98. The summed E-state index contributed by atoms with van der Waals surface area (Å²) >= 11 is 0. The Kier molecular flexibility index (Phi) is 4.96. The molecular weight excluding hydrogens is 283 g/mol. The highest BCUT2D eigenvalue weighted by Gasteiger charge is 2.36. The average Bonchev–Trinajstić information content (AvgIpc) is 2.43. The van der Waals surface area contributed by atoms with Gasteiger partial charge in [-0.15, -0.1) is 0 Å². The van der Waals surface area contributed by atoms with Crippen LogP contribution >= 0.6 is 0 Å². The maximum atomic E-state index is 13.3. The average molecular weight is 298 g/mol. The van der Waals surface area contributed by atoms with Crippen molar-refractivity contribution in [2.75, 3.05) is 0 Å². The maximum Gasteiger partial charge on any atom is 0.329 e. The number of nitrogens with zero attached hydrogens (tertiary/aromatic N) is 1. The van der Waals surface area contributed by atoms with E-state index in [9.17, 15) is 29.2 Å². The molecule has 8 heteroatoms. The molecule has 1 rings (SSSR count). The van der Waals surface area contributed by atoms with Crippen molar-refractivity contribution in [1.82, 2.24) is 5.32 Å². The van der Waals surface area contributed by atoms with Crippen molar-refractivity contribution in [2.45, 2.75) is 32.2 Å². The van der Waals surface area contributed by atoms with E-state index >= 15 is 0 Å². The first kappa shape index (κ1) is 16.5. The predicted octanol–water partition coefficient (Wildman–Crippen LogP) is 2.11. The van der Waals surface area contributed by atoms with Gasteiger partial charge in [0.25, 0.3) is 11.6 Å². The third-order valence-corrected chi connectivity index (χ3v) is 3.32. The summed E-state index contributed by atoms with van der Waals surface area (Å²) in [4.78, 5) is 33.2. The van der Waals surface area contributed by atoms with Crippen molar-refractivity contribution in [3.63, 3.8) is 0 Å². The molecule has 0 aliphatic heterocycles. The highest BCUT2D eigenvalue weighted by atomic mass is 19.1. The van der Waals surface area contributed by atoms with Crippen molar-refractivity contribution in [3.8, 4) is 0 Å². The van der Waals surface area contributed by atoms with Crippen LogP contribution in [0.2, 0.25) is 0 Å². The van der Waals surface area contributed by atoms with Gasteiger partial charge in [-0.3, -0.25) is 14.9 Å². The number of carbonyl (C=O) groups is 2. The number of carboxylic acid groups (broad SMARTS) is 1. The van der Waals surface area contributed by atoms with Gasteiger partial charge >= 0.3 is 5.97 Å². The summed E-state index contributed by atoms with van der Waals surface area (Å²) in [5, 5.41) is 22.2. The molecule has 0 saturated carbocycles. The number of nitro benzene ring substituents is 1. The Bertz CT molecular complexity index is 584. The van der Waals surface area contributed by atoms with Crippen LogP contribution in [0.3, 0.4) is 0 Å². The Balaban J connectivity index is 3.14. The van der Waals surface area contributed by atoms with Gasteiger partial charge in [0.1, 0.15) is 11.4 Å². The summed E-state index contributed by atoms with van der Waals surface area (Å²) in [5.41, 5.74) is -2.36. The summed E-state index contributed by atoms with van der Waals surface area (Å²) in [6.45, 7) is 3.18. The minimum absolute atomic E-state index is 0.127. The summed E-state index contributed by atoms with van der Waals surface area (Å²) in [6, 6.07) is 2.40. The van der Waals surface area contributed by atoms with E-state index in [0.29, 0.717) is 6.07 Å². The molecule has 0 heterocycles. The first-order chi connectivity index (χ1) is 9.75. The monoisotopic (exact) mass is 298 g/mol. The molecule has 1 amide bonds. The van der Waals surface area contributed by atoms with Crippen LogP contribution in [0, 0.1) is 15.9 Å². The first-order valence-corrected chi connectivity index (χ1v) is 6.26. The molecule has 21 heavy (non-hydrogen) atoms. The Morgan fingerprint density at radius 3 is 2.33 bits per heavy atom. The Labute approximate surface area is 119 Å². The van der Waals surface area contributed by atoms with Crippen LogP contribution in [0.15, 0.2) is 18.2 Å². The van der Waals surface area contributed by atoms with Gasteiger partial charge in [-0.05, 0) is 18.9 Å². The van der Waals surface area contributed by atoms with Crippen molar-refractivity contribution in [2.24, 2.45) is 0 Å². The molecule has 0 atom stereocenters. The van der Waals surface area contributed by atoms with Gasteiger partial charge < -0.3 is 10.4 Å². The number of nitrogens with one attached hydrogen (secondary N) is 1. The maximum absolute atomic E-state index is 13.3. The van der Waals surface area contributed by atoms with Gasteiger partial charge in [-0.25, -0.2) is 9.18 Å². The molecule has 0 spiro atoms. The Morgan fingerprint density at radius 2 is 1.90 bits per heavy atom. The molecule has 0 bridgehead atoms. The lowest BCUT2D eigenvalue weighted by molar-refractivity contribution is -0.385. The lowest BCUT2D eigenvalue weighted by Gasteiger charge is -2.28. The fourth-order valence-corrected chi connectivity index (χ4v) is 1.88. The van der Waals surface area contributed by atoms with E-state index in [4.69, 9.17) is 0 Å². The van der Waals surface area contributed by atoms with E-state index in [1.807, 2.05) is 0 Å². The fraction of sp³-hybridized carbons (Fsp3) is 0.385. The third kappa shape index (κ3) is 3.53. The zero-order chi connectivity index (χ0) is 16.2. The van der Waals surface area contributed by atoms with Crippen molar-refractivity contribution >= 4 is 17.6 Å². The number of carbonyl (C=O) groups excluding carboxylic acids is 1. The Hall–Kier alpha value is -2.51. The molecule has 2 N–H and O–H groups in total. The van der Waals surface area contributed by atoms with Crippen LogP contribution in [-0.4, -0.2) is 27.4 Å². The topological polar surface area (TPSA) is 110 Å². The summed E-state index contributed by atoms with van der Waals surface area (Å²) < 4.78 is 13.3. The number of carboxylic acids is 1. The van der Waals surface area contributed by atoms with Crippen LogP contribution in [0.4, 0.5) is 10.1 Å².